The van der Waals surface area contributed by atoms with Crippen LogP contribution < -0.4 is 4.74 Å². The van der Waals surface area contributed by atoms with Crippen LogP contribution in [0.15, 0.2) is 18.2 Å². The SMILES string of the molecule is O=CCOc1cc(Cl)cc(Cl)c1. The van der Waals surface area contributed by atoms with Crippen LogP contribution in [0.4, 0.5) is 0 Å². The molecule has 1 aromatic carbocycles. The minimum absolute atomic E-state index is 0.0106. The molecule has 0 saturated heterocycles. The van der Waals surface area contributed by atoms with Gasteiger partial charge in [-0.1, -0.05) is 23.2 Å². The highest BCUT2D eigenvalue weighted by molar-refractivity contribution is 6.34. The summed E-state index contributed by atoms with van der Waals surface area (Å²) in [5.41, 5.74) is 0. The summed E-state index contributed by atoms with van der Waals surface area (Å²) in [6.45, 7) is 0.0106. The summed E-state index contributed by atoms with van der Waals surface area (Å²) in [5.74, 6) is 0.500. The molecule has 0 aliphatic heterocycles. The molecule has 0 aromatic heterocycles. The van der Waals surface area contributed by atoms with E-state index in [4.69, 9.17) is 27.9 Å². The third-order valence-corrected chi connectivity index (χ3v) is 1.59. The first-order valence-electron chi connectivity index (χ1n) is 3.25. The second kappa shape index (κ2) is 4.33. The molecule has 0 radical (unpaired) electrons. The first-order chi connectivity index (χ1) is 5.72. The summed E-state index contributed by atoms with van der Waals surface area (Å²) >= 11 is 11.4. The van der Waals surface area contributed by atoms with Crippen molar-refractivity contribution in [3.63, 3.8) is 0 Å². The molecule has 64 valence electrons. The van der Waals surface area contributed by atoms with E-state index in [0.717, 1.165) is 0 Å². The van der Waals surface area contributed by atoms with Crippen LogP contribution in [0.3, 0.4) is 0 Å². The van der Waals surface area contributed by atoms with Crippen molar-refractivity contribution in [1.82, 2.24) is 0 Å². The largest absolute Gasteiger partial charge is 0.486 e. The third-order valence-electron chi connectivity index (χ3n) is 1.15. The van der Waals surface area contributed by atoms with Crippen molar-refractivity contribution in [2.24, 2.45) is 0 Å². The van der Waals surface area contributed by atoms with Gasteiger partial charge in [0, 0.05) is 10.0 Å². The monoisotopic (exact) mass is 204 g/mol. The molecule has 0 bridgehead atoms. The van der Waals surface area contributed by atoms with Crippen LogP contribution in [0.2, 0.25) is 10.0 Å². The summed E-state index contributed by atoms with van der Waals surface area (Å²) in [6, 6.07) is 4.78. The number of benzene rings is 1. The van der Waals surface area contributed by atoms with Crippen molar-refractivity contribution in [2.45, 2.75) is 0 Å². The van der Waals surface area contributed by atoms with Crippen molar-refractivity contribution in [1.29, 1.82) is 0 Å². The Kier molecular flexibility index (Phi) is 3.38. The summed E-state index contributed by atoms with van der Waals surface area (Å²) in [6.07, 6.45) is 0.662. The zero-order chi connectivity index (χ0) is 8.97. The molecule has 0 amide bonds. The molecule has 0 unspecified atom stereocenters. The maximum absolute atomic E-state index is 9.96. The van der Waals surface area contributed by atoms with Gasteiger partial charge in [0.25, 0.3) is 0 Å². The van der Waals surface area contributed by atoms with Crippen LogP contribution in [0, 0.1) is 0 Å². The van der Waals surface area contributed by atoms with Crippen LogP contribution >= 0.6 is 23.2 Å². The first kappa shape index (κ1) is 9.36. The maximum atomic E-state index is 9.96. The molecule has 0 aliphatic carbocycles. The average molecular weight is 205 g/mol. The first-order valence-corrected chi connectivity index (χ1v) is 4.00. The van der Waals surface area contributed by atoms with E-state index >= 15 is 0 Å². The molecule has 2 nitrogen and oxygen atoms in total. The fourth-order valence-corrected chi connectivity index (χ4v) is 1.25. The number of hydrogen-bond donors (Lipinski definition) is 0. The summed E-state index contributed by atoms with van der Waals surface area (Å²) in [4.78, 5) is 9.96. The normalized spacial score (nSPS) is 9.50. The standard InChI is InChI=1S/C8H6Cl2O2/c9-6-3-7(10)5-8(4-6)12-2-1-11/h1,3-5H,2H2. The molecule has 0 spiro atoms. The molecule has 0 saturated carbocycles. The lowest BCUT2D eigenvalue weighted by Crippen LogP contribution is -1.97. The number of halogens is 2. The minimum atomic E-state index is 0.0106. The number of ether oxygens (including phenoxy) is 1. The molecule has 0 atom stereocenters. The summed E-state index contributed by atoms with van der Waals surface area (Å²) in [7, 11) is 0. The van der Waals surface area contributed by atoms with Gasteiger partial charge in [0.1, 0.15) is 12.4 Å². The van der Waals surface area contributed by atoms with Crippen LogP contribution in [-0.2, 0) is 4.79 Å². The Morgan fingerprint density at radius 1 is 1.25 bits per heavy atom. The van der Waals surface area contributed by atoms with Crippen LogP contribution in [0.25, 0.3) is 0 Å². The fourth-order valence-electron chi connectivity index (χ4n) is 0.742. The quantitative estimate of drug-likeness (QED) is 0.708. The Balaban J connectivity index is 2.78. The molecule has 4 heteroatoms. The molecular formula is C8H6Cl2O2. The van der Waals surface area contributed by atoms with Crippen molar-refractivity contribution < 1.29 is 9.53 Å². The highest BCUT2D eigenvalue weighted by Gasteiger charge is 1.97. The molecule has 0 N–H and O–H groups in total. The van der Waals surface area contributed by atoms with Crippen molar-refractivity contribution in [3.05, 3.63) is 28.2 Å². The minimum Gasteiger partial charge on any atom is -0.486 e. The number of hydrogen-bond acceptors (Lipinski definition) is 2. The second-order valence-corrected chi connectivity index (χ2v) is 2.96. The van der Waals surface area contributed by atoms with Gasteiger partial charge in [-0.3, -0.25) is 4.79 Å². The van der Waals surface area contributed by atoms with Gasteiger partial charge in [-0.2, -0.15) is 0 Å². The lowest BCUT2D eigenvalue weighted by Gasteiger charge is -2.02. The fraction of sp³-hybridized carbons (Fsp3) is 0.125. The lowest BCUT2D eigenvalue weighted by atomic mass is 10.3. The number of rotatable bonds is 3. The zero-order valence-corrected chi connectivity index (χ0v) is 7.60. The predicted molar refractivity (Wildman–Crippen MR) is 48.0 cm³/mol. The molecular weight excluding hydrogens is 199 g/mol. The highest BCUT2D eigenvalue weighted by atomic mass is 35.5. The molecule has 12 heavy (non-hydrogen) atoms. The van der Waals surface area contributed by atoms with Gasteiger partial charge in [-0.25, -0.2) is 0 Å². The Morgan fingerprint density at radius 3 is 2.33 bits per heavy atom. The molecule has 1 rings (SSSR count). The van der Waals surface area contributed by atoms with E-state index in [2.05, 4.69) is 0 Å². The predicted octanol–water partition coefficient (Wildman–Crippen LogP) is 2.57. The van der Waals surface area contributed by atoms with E-state index in [-0.39, 0.29) is 6.61 Å². The number of carbonyl (C=O) groups excluding carboxylic acids is 1. The zero-order valence-electron chi connectivity index (χ0n) is 6.09. The summed E-state index contributed by atoms with van der Waals surface area (Å²) in [5, 5.41) is 0.979. The molecule has 0 aliphatic rings. The van der Waals surface area contributed by atoms with Crippen molar-refractivity contribution in [3.8, 4) is 5.75 Å². The molecule has 1 aromatic rings. The van der Waals surface area contributed by atoms with Crippen molar-refractivity contribution >= 4 is 29.5 Å². The van der Waals surface area contributed by atoms with Gasteiger partial charge in [0.15, 0.2) is 6.29 Å². The number of aldehydes is 1. The third kappa shape index (κ3) is 2.72. The smallest absolute Gasteiger partial charge is 0.157 e. The summed E-state index contributed by atoms with van der Waals surface area (Å²) < 4.78 is 4.98. The van der Waals surface area contributed by atoms with Gasteiger partial charge in [-0.05, 0) is 18.2 Å². The topological polar surface area (TPSA) is 26.3 Å². The molecule has 0 fully saturated rings. The van der Waals surface area contributed by atoms with E-state index < -0.39 is 0 Å². The highest BCUT2D eigenvalue weighted by Crippen LogP contribution is 2.23. The maximum Gasteiger partial charge on any atom is 0.157 e. The lowest BCUT2D eigenvalue weighted by molar-refractivity contribution is -0.109. The Hall–Kier alpha value is -0.730. The Morgan fingerprint density at radius 2 is 1.83 bits per heavy atom. The van der Waals surface area contributed by atoms with E-state index in [9.17, 15) is 4.79 Å². The van der Waals surface area contributed by atoms with Crippen molar-refractivity contribution in [2.75, 3.05) is 6.61 Å². The average Bonchev–Trinajstić information content (AvgIpc) is 1.99. The van der Waals surface area contributed by atoms with E-state index in [1.54, 1.807) is 18.2 Å². The van der Waals surface area contributed by atoms with Crippen LogP contribution in [-0.4, -0.2) is 12.9 Å². The second-order valence-electron chi connectivity index (χ2n) is 2.08. The number of carbonyl (C=O) groups is 1. The Labute approximate surface area is 80.0 Å². The van der Waals surface area contributed by atoms with Gasteiger partial charge in [0.05, 0.1) is 0 Å². The van der Waals surface area contributed by atoms with E-state index in [1.165, 1.54) is 0 Å². The van der Waals surface area contributed by atoms with Gasteiger partial charge in [0.2, 0.25) is 0 Å². The Bertz CT molecular complexity index is 266. The molecule has 0 heterocycles. The van der Waals surface area contributed by atoms with E-state index in [1.807, 2.05) is 0 Å². The van der Waals surface area contributed by atoms with Gasteiger partial charge >= 0.3 is 0 Å². The van der Waals surface area contributed by atoms with E-state index in [0.29, 0.717) is 22.1 Å². The van der Waals surface area contributed by atoms with Gasteiger partial charge in [-0.15, -0.1) is 0 Å². The van der Waals surface area contributed by atoms with Gasteiger partial charge < -0.3 is 4.74 Å². The van der Waals surface area contributed by atoms with Crippen LogP contribution in [0.5, 0.6) is 5.75 Å². The van der Waals surface area contributed by atoms with Crippen LogP contribution in [0.1, 0.15) is 0 Å².